The largest absolute Gasteiger partial charge is 0.481 e. The summed E-state index contributed by atoms with van der Waals surface area (Å²) in [6.45, 7) is -0.402. The van der Waals surface area contributed by atoms with Gasteiger partial charge in [-0.05, 0) is 6.42 Å². The minimum atomic E-state index is -1.62. The fourth-order valence-electron chi connectivity index (χ4n) is 5.70. The van der Waals surface area contributed by atoms with Crippen LogP contribution in [0, 0.1) is 0 Å². The van der Waals surface area contributed by atoms with Crippen molar-refractivity contribution in [1.29, 1.82) is 0 Å². The molecule has 1 aliphatic carbocycles. The number of aliphatic carboxylic acids is 1. The molecule has 46 heavy (non-hydrogen) atoms. The van der Waals surface area contributed by atoms with E-state index in [1.54, 1.807) is 0 Å². The Balaban J connectivity index is 0.00000136. The van der Waals surface area contributed by atoms with Crippen molar-refractivity contribution in [2.45, 2.75) is 130 Å². The number of ether oxygens (including phenoxy) is 6. The Hall–Kier alpha value is -1.29. The molecule has 3 heterocycles. The van der Waals surface area contributed by atoms with Gasteiger partial charge in [0.2, 0.25) is 0 Å². The van der Waals surface area contributed by atoms with Gasteiger partial charge in [0.05, 0.1) is 31.4 Å². The number of carboxylic acids is 1. The van der Waals surface area contributed by atoms with Crippen LogP contribution in [0.4, 0.5) is 0 Å². The molecule has 0 radical (unpaired) electrons. The molecular weight excluding hydrogens is 626 g/mol. The Kier molecular flexibility index (Phi) is 14.4. The Morgan fingerprint density at radius 3 is 1.57 bits per heavy atom. The first-order chi connectivity index (χ1) is 21.6. The summed E-state index contributed by atoms with van der Waals surface area (Å²) in [4.78, 5) is 9.00. The molecule has 19 atom stereocenters. The van der Waals surface area contributed by atoms with Gasteiger partial charge in [-0.3, -0.25) is 4.79 Å². The number of nitrogens with two attached hydrogens (primary N) is 5. The SMILES string of the molecule is CC(=O)O.NC[C@@H]1O[C@H](O[C@H]2[C@@H](O)[C@H](O[C@@H]3[C@@H](O)[C@H](N)C[C@H](N)[C@H]3O[C@H]3O[C@H](CO)[C@@H](O)[C@H](O)[C@H]3N)O[C@@H]2CO)[C@H](N)[C@@H](O)[C@@H]1O. The zero-order chi connectivity index (χ0) is 34.6. The molecule has 0 aromatic heterocycles. The number of carbonyl (C=O) groups is 1. The zero-order valence-electron chi connectivity index (χ0n) is 25.1. The Morgan fingerprint density at radius 1 is 0.630 bits per heavy atom. The van der Waals surface area contributed by atoms with Crippen molar-refractivity contribution >= 4 is 5.97 Å². The number of carboxylic acid groups (broad SMARTS) is 1. The molecule has 3 aliphatic heterocycles. The lowest BCUT2D eigenvalue weighted by Crippen LogP contribution is -2.68. The predicted octanol–water partition coefficient (Wildman–Crippen LogP) is -8.77. The van der Waals surface area contributed by atoms with Crippen LogP contribution in [-0.2, 0) is 33.2 Å². The molecule has 21 nitrogen and oxygen atoms in total. The third-order valence-electron chi connectivity index (χ3n) is 8.32. The smallest absolute Gasteiger partial charge is 0.300 e. The van der Waals surface area contributed by atoms with Gasteiger partial charge in [-0.15, -0.1) is 0 Å². The highest BCUT2D eigenvalue weighted by Gasteiger charge is 2.54. The minimum Gasteiger partial charge on any atom is -0.481 e. The van der Waals surface area contributed by atoms with Crippen LogP contribution in [0.2, 0.25) is 0 Å². The van der Waals surface area contributed by atoms with Gasteiger partial charge in [-0.25, -0.2) is 0 Å². The van der Waals surface area contributed by atoms with E-state index < -0.39 is 135 Å². The first kappa shape index (κ1) is 39.2. The van der Waals surface area contributed by atoms with Crippen LogP contribution in [0.1, 0.15) is 13.3 Å². The second kappa shape index (κ2) is 16.9. The molecule has 0 spiro atoms. The van der Waals surface area contributed by atoms with E-state index in [2.05, 4.69) is 0 Å². The molecule has 0 aromatic carbocycles. The first-order valence-electron chi connectivity index (χ1n) is 14.7. The number of hydrogen-bond acceptors (Lipinski definition) is 20. The van der Waals surface area contributed by atoms with E-state index in [4.69, 9.17) is 67.0 Å². The van der Waals surface area contributed by atoms with E-state index in [1.165, 1.54) is 0 Å². The Labute approximate surface area is 263 Å². The molecular formula is C25H49N5O16. The highest BCUT2D eigenvalue weighted by atomic mass is 16.8. The van der Waals surface area contributed by atoms with Gasteiger partial charge in [0.25, 0.3) is 5.97 Å². The van der Waals surface area contributed by atoms with Crippen molar-refractivity contribution in [2.24, 2.45) is 28.7 Å². The summed E-state index contributed by atoms with van der Waals surface area (Å²) in [5.74, 6) is -0.833. The number of aliphatic hydroxyl groups is 8. The van der Waals surface area contributed by atoms with E-state index in [-0.39, 0.29) is 13.0 Å². The maximum absolute atomic E-state index is 11.1. The summed E-state index contributed by atoms with van der Waals surface area (Å²) in [7, 11) is 0. The molecule has 3 saturated heterocycles. The van der Waals surface area contributed by atoms with E-state index in [1.807, 2.05) is 0 Å². The van der Waals surface area contributed by atoms with Gasteiger partial charge in [-0.2, -0.15) is 0 Å². The monoisotopic (exact) mass is 675 g/mol. The van der Waals surface area contributed by atoms with E-state index in [9.17, 15) is 40.9 Å². The lowest BCUT2D eigenvalue weighted by atomic mass is 9.84. The highest BCUT2D eigenvalue weighted by Crippen LogP contribution is 2.34. The van der Waals surface area contributed by atoms with Crippen LogP contribution in [0.5, 0.6) is 0 Å². The van der Waals surface area contributed by atoms with Crippen molar-refractivity contribution in [1.82, 2.24) is 0 Å². The van der Waals surface area contributed by atoms with Crippen LogP contribution >= 0.6 is 0 Å². The van der Waals surface area contributed by atoms with Gasteiger partial charge in [0.15, 0.2) is 18.9 Å². The van der Waals surface area contributed by atoms with Crippen LogP contribution < -0.4 is 28.7 Å². The third-order valence-corrected chi connectivity index (χ3v) is 8.32. The summed E-state index contributed by atoms with van der Waals surface area (Å²) in [6.07, 6.45) is -20.5. The fraction of sp³-hybridized carbons (Fsp3) is 0.960. The Morgan fingerprint density at radius 2 is 1.07 bits per heavy atom. The lowest BCUT2D eigenvalue weighted by Gasteiger charge is -2.47. The molecule has 4 rings (SSSR count). The maximum Gasteiger partial charge on any atom is 0.300 e. The van der Waals surface area contributed by atoms with Crippen molar-refractivity contribution < 1.29 is 79.2 Å². The molecule has 4 fully saturated rings. The van der Waals surface area contributed by atoms with E-state index >= 15 is 0 Å². The average molecular weight is 676 g/mol. The van der Waals surface area contributed by atoms with Crippen molar-refractivity contribution in [3.05, 3.63) is 0 Å². The normalized spacial score (nSPS) is 49.7. The number of hydrogen-bond donors (Lipinski definition) is 14. The highest BCUT2D eigenvalue weighted by molar-refractivity contribution is 5.62. The minimum absolute atomic E-state index is 0.0642. The molecule has 1 saturated carbocycles. The molecule has 0 bridgehead atoms. The molecule has 0 amide bonds. The molecule has 0 unspecified atom stereocenters. The quantitative estimate of drug-likeness (QED) is 0.108. The lowest BCUT2D eigenvalue weighted by molar-refractivity contribution is -0.310. The van der Waals surface area contributed by atoms with Crippen LogP contribution in [-0.4, -0.2) is 188 Å². The summed E-state index contributed by atoms with van der Waals surface area (Å²) in [5, 5.41) is 89.7. The second-order valence-electron chi connectivity index (χ2n) is 11.7. The molecule has 4 aliphatic rings. The summed E-state index contributed by atoms with van der Waals surface area (Å²) < 4.78 is 34.4. The van der Waals surface area contributed by atoms with Crippen molar-refractivity contribution in [3.63, 3.8) is 0 Å². The Bertz CT molecular complexity index is 954. The van der Waals surface area contributed by atoms with Crippen LogP contribution in [0.3, 0.4) is 0 Å². The fourth-order valence-corrected chi connectivity index (χ4v) is 5.70. The molecule has 0 aromatic rings. The average Bonchev–Trinajstić information content (AvgIpc) is 3.30. The van der Waals surface area contributed by atoms with E-state index in [0.29, 0.717) is 0 Å². The topological polar surface area (TPSA) is 385 Å². The van der Waals surface area contributed by atoms with Crippen LogP contribution in [0.25, 0.3) is 0 Å². The van der Waals surface area contributed by atoms with Gasteiger partial charge in [0, 0.05) is 25.6 Å². The van der Waals surface area contributed by atoms with Crippen molar-refractivity contribution in [3.8, 4) is 0 Å². The molecule has 270 valence electrons. The first-order valence-corrected chi connectivity index (χ1v) is 14.7. The summed E-state index contributed by atoms with van der Waals surface area (Å²) in [5.41, 5.74) is 29.9. The van der Waals surface area contributed by atoms with Crippen LogP contribution in [0.15, 0.2) is 0 Å². The summed E-state index contributed by atoms with van der Waals surface area (Å²) in [6, 6.07) is -4.30. The third kappa shape index (κ3) is 8.64. The predicted molar refractivity (Wildman–Crippen MR) is 150 cm³/mol. The van der Waals surface area contributed by atoms with Gasteiger partial charge in [-0.1, -0.05) is 0 Å². The number of aliphatic hydroxyl groups excluding tert-OH is 8. The zero-order valence-corrected chi connectivity index (χ0v) is 25.1. The number of rotatable bonds is 9. The second-order valence-corrected chi connectivity index (χ2v) is 11.7. The standard InChI is InChI=1S/C23H45N5O14.C2H4O2/c24-2-7-13(32)15(34)10(27)21(37-7)41-19-9(4-30)39-23(17(19)36)42-20-12(31)5(25)1-6(26)18(20)40-22-11(28)16(35)14(33)8(3-29)38-22;1-2(3)4/h5-23,29-36H,1-4,24-28H2;1H3,(H,3,4)/t5-,6+,7+,8-,9-,10-,11-,12+,13-,14-,15-,16-,17-,18-,19-,20-,21-,22-,23+;/m1./s1. The molecule has 19 N–H and O–H groups in total. The van der Waals surface area contributed by atoms with Gasteiger partial charge in [0.1, 0.15) is 67.1 Å². The van der Waals surface area contributed by atoms with Gasteiger partial charge < -0.3 is 103 Å². The summed E-state index contributed by atoms with van der Waals surface area (Å²) >= 11 is 0. The van der Waals surface area contributed by atoms with E-state index in [0.717, 1.165) is 6.92 Å². The van der Waals surface area contributed by atoms with Gasteiger partial charge >= 0.3 is 0 Å². The molecule has 21 heteroatoms. The van der Waals surface area contributed by atoms with Crippen molar-refractivity contribution in [2.75, 3.05) is 19.8 Å². The maximum atomic E-state index is 11.1.